The van der Waals surface area contributed by atoms with Crippen LogP contribution in [0.2, 0.25) is 5.02 Å². The largest absolute Gasteiger partial charge is 0.497 e. The molecule has 1 unspecified atom stereocenters. The molecule has 0 saturated heterocycles. The Morgan fingerprint density at radius 3 is 2.03 bits per heavy atom. The van der Waals surface area contributed by atoms with Gasteiger partial charge in [0.25, 0.3) is 10.0 Å². The average molecular weight is 517 g/mol. The summed E-state index contributed by atoms with van der Waals surface area (Å²) in [5.74, 6) is 0.339. The highest BCUT2D eigenvalue weighted by Crippen LogP contribution is 2.30. The van der Waals surface area contributed by atoms with Crippen LogP contribution in [0.5, 0.6) is 5.75 Å². The number of nitrogens with zero attached hydrogens (tertiary/aromatic N) is 2. The number of anilines is 1. The maximum atomic E-state index is 12.8. The summed E-state index contributed by atoms with van der Waals surface area (Å²) in [6, 6.07) is 10.9. The molecule has 3 aromatic rings. The van der Waals surface area contributed by atoms with Crippen LogP contribution in [-0.4, -0.2) is 34.1 Å². The van der Waals surface area contributed by atoms with Crippen LogP contribution in [0.1, 0.15) is 24.9 Å². The first-order valence-electron chi connectivity index (χ1n) is 9.30. The summed E-state index contributed by atoms with van der Waals surface area (Å²) in [4.78, 5) is 0.0800. The van der Waals surface area contributed by atoms with E-state index in [1.165, 1.54) is 55.6 Å². The Bertz CT molecular complexity index is 1280. The molecule has 0 bridgehead atoms. The van der Waals surface area contributed by atoms with Crippen LogP contribution in [0.15, 0.2) is 58.3 Å². The fourth-order valence-electron chi connectivity index (χ4n) is 2.65. The molecule has 0 spiro atoms. The molecule has 13 heteroatoms. The normalized spacial score (nSPS) is 13.2. The van der Waals surface area contributed by atoms with Crippen molar-refractivity contribution in [2.75, 3.05) is 11.8 Å². The van der Waals surface area contributed by atoms with E-state index in [4.69, 9.17) is 16.3 Å². The Morgan fingerprint density at radius 2 is 1.47 bits per heavy atom. The van der Waals surface area contributed by atoms with Gasteiger partial charge in [0.2, 0.25) is 15.2 Å². The molecule has 3 rings (SSSR count). The number of hydrogen-bond donors (Lipinski definition) is 2. The van der Waals surface area contributed by atoms with Crippen molar-refractivity contribution < 1.29 is 21.6 Å². The van der Waals surface area contributed by atoms with Crippen LogP contribution in [0.3, 0.4) is 0 Å². The Morgan fingerprint density at radius 1 is 0.906 bits per heavy atom. The highest BCUT2D eigenvalue weighted by Gasteiger charge is 2.28. The average Bonchev–Trinajstić information content (AvgIpc) is 3.19. The minimum atomic E-state index is -3.90. The summed E-state index contributed by atoms with van der Waals surface area (Å²) in [6.45, 7) is 3.63. The molecule has 0 aliphatic rings. The molecular weight excluding hydrogens is 496 g/mol. The molecule has 9 nitrogen and oxygen atoms in total. The van der Waals surface area contributed by atoms with E-state index >= 15 is 0 Å². The van der Waals surface area contributed by atoms with Gasteiger partial charge in [-0.25, -0.2) is 21.6 Å². The molecule has 2 aromatic carbocycles. The third-order valence-electron chi connectivity index (χ3n) is 4.37. The Hall–Kier alpha value is -2.25. The molecule has 2 N–H and O–H groups in total. The van der Waals surface area contributed by atoms with E-state index in [0.29, 0.717) is 15.8 Å². The quantitative estimate of drug-likeness (QED) is 0.444. The van der Waals surface area contributed by atoms with Gasteiger partial charge in [0, 0.05) is 5.02 Å². The molecule has 0 aliphatic carbocycles. The fraction of sp³-hybridized carbons (Fsp3) is 0.263. The number of methoxy groups -OCH3 is 1. The zero-order valence-electron chi connectivity index (χ0n) is 17.3. The van der Waals surface area contributed by atoms with Crippen LogP contribution in [0.4, 0.5) is 5.13 Å². The molecule has 0 radical (unpaired) electrons. The number of aromatic nitrogens is 2. The van der Waals surface area contributed by atoms with Crippen molar-refractivity contribution in [3.63, 3.8) is 0 Å². The van der Waals surface area contributed by atoms with Gasteiger partial charge in [-0.3, -0.25) is 4.72 Å². The highest BCUT2D eigenvalue weighted by molar-refractivity contribution is 7.93. The number of halogens is 1. The van der Waals surface area contributed by atoms with Crippen molar-refractivity contribution >= 4 is 48.1 Å². The molecule has 32 heavy (non-hydrogen) atoms. The number of nitrogens with one attached hydrogen (secondary N) is 2. The lowest BCUT2D eigenvalue weighted by molar-refractivity contribution is 0.414. The van der Waals surface area contributed by atoms with E-state index in [1.54, 1.807) is 0 Å². The van der Waals surface area contributed by atoms with Gasteiger partial charge < -0.3 is 4.74 Å². The summed E-state index contributed by atoms with van der Waals surface area (Å²) in [6.07, 6.45) is 0. The van der Waals surface area contributed by atoms with E-state index in [2.05, 4.69) is 19.6 Å². The molecule has 1 atom stereocenters. The van der Waals surface area contributed by atoms with Gasteiger partial charge in [0.05, 0.1) is 22.9 Å². The third-order valence-corrected chi connectivity index (χ3v) is 8.49. The van der Waals surface area contributed by atoms with Gasteiger partial charge in [0.1, 0.15) is 10.8 Å². The first-order chi connectivity index (χ1) is 15.0. The van der Waals surface area contributed by atoms with Gasteiger partial charge in [0.15, 0.2) is 0 Å². The number of rotatable bonds is 9. The fourth-order valence-corrected chi connectivity index (χ4v) is 6.40. The molecular formula is C19H21ClN4O5S3. The Kier molecular flexibility index (Phi) is 7.40. The number of benzene rings is 2. The van der Waals surface area contributed by atoms with E-state index in [-0.39, 0.29) is 20.8 Å². The lowest BCUT2D eigenvalue weighted by Gasteiger charge is -2.19. The molecule has 172 valence electrons. The van der Waals surface area contributed by atoms with Crippen LogP contribution >= 0.6 is 22.9 Å². The molecule has 0 aliphatic heterocycles. The topological polar surface area (TPSA) is 127 Å². The predicted molar refractivity (Wildman–Crippen MR) is 123 cm³/mol. The van der Waals surface area contributed by atoms with Crippen LogP contribution in [0, 0.1) is 5.92 Å². The van der Waals surface area contributed by atoms with E-state index in [0.717, 1.165) is 11.3 Å². The van der Waals surface area contributed by atoms with E-state index in [9.17, 15) is 16.8 Å². The number of hydrogen-bond acceptors (Lipinski definition) is 8. The second-order valence-corrected chi connectivity index (χ2v) is 11.9. The second kappa shape index (κ2) is 9.71. The minimum Gasteiger partial charge on any atom is -0.497 e. The van der Waals surface area contributed by atoms with Crippen molar-refractivity contribution in [3.8, 4) is 5.75 Å². The first kappa shape index (κ1) is 24.4. The van der Waals surface area contributed by atoms with Gasteiger partial charge in [-0.05, 0) is 54.4 Å². The van der Waals surface area contributed by atoms with Crippen molar-refractivity contribution in [1.82, 2.24) is 14.9 Å². The van der Waals surface area contributed by atoms with E-state index in [1.807, 2.05) is 13.8 Å². The zero-order valence-corrected chi connectivity index (χ0v) is 20.5. The van der Waals surface area contributed by atoms with Crippen molar-refractivity contribution in [2.45, 2.75) is 29.7 Å². The molecule has 1 heterocycles. The van der Waals surface area contributed by atoms with E-state index < -0.39 is 26.1 Å². The maximum absolute atomic E-state index is 12.8. The predicted octanol–water partition coefficient (Wildman–Crippen LogP) is 3.68. The number of ether oxygens (including phenoxy) is 1. The highest BCUT2D eigenvalue weighted by atomic mass is 35.5. The smallest absolute Gasteiger partial charge is 0.263 e. The summed E-state index contributed by atoms with van der Waals surface area (Å²) in [5, 5.41) is 8.65. The van der Waals surface area contributed by atoms with Crippen molar-refractivity contribution in [3.05, 3.63) is 58.6 Å². The third kappa shape index (κ3) is 5.75. The monoisotopic (exact) mass is 516 g/mol. The molecule has 0 fully saturated rings. The van der Waals surface area contributed by atoms with Crippen molar-refractivity contribution in [2.24, 2.45) is 5.92 Å². The lowest BCUT2D eigenvalue weighted by Crippen LogP contribution is -2.31. The second-order valence-electron chi connectivity index (χ2n) is 7.02. The summed E-state index contributed by atoms with van der Waals surface area (Å²) in [7, 11) is -6.28. The van der Waals surface area contributed by atoms with Gasteiger partial charge in [-0.2, -0.15) is 0 Å². The van der Waals surface area contributed by atoms with Crippen LogP contribution in [0.25, 0.3) is 0 Å². The zero-order chi connectivity index (χ0) is 23.5. The summed E-state index contributed by atoms with van der Waals surface area (Å²) >= 11 is 6.79. The minimum absolute atomic E-state index is 0.0205. The van der Waals surface area contributed by atoms with Crippen molar-refractivity contribution in [1.29, 1.82) is 0 Å². The van der Waals surface area contributed by atoms with Crippen LogP contribution < -0.4 is 14.2 Å². The lowest BCUT2D eigenvalue weighted by atomic mass is 10.1. The first-order valence-corrected chi connectivity index (χ1v) is 13.5. The Labute approximate surface area is 195 Å². The summed E-state index contributed by atoms with van der Waals surface area (Å²) in [5.41, 5.74) is 0. The Balaban J connectivity index is 1.81. The van der Waals surface area contributed by atoms with Gasteiger partial charge in [-0.15, -0.1) is 10.2 Å². The molecule has 0 saturated carbocycles. The van der Waals surface area contributed by atoms with Gasteiger partial charge in [-0.1, -0.05) is 36.8 Å². The molecule has 1 aromatic heterocycles. The SMILES string of the molecule is COc1ccc(S(=O)(=O)Nc2nnc(C(NS(=O)(=O)c3ccc(Cl)cc3)C(C)C)s2)cc1. The van der Waals surface area contributed by atoms with Gasteiger partial charge >= 0.3 is 0 Å². The molecule has 0 amide bonds. The van der Waals surface area contributed by atoms with Crippen LogP contribution in [-0.2, 0) is 20.0 Å². The summed E-state index contributed by atoms with van der Waals surface area (Å²) < 4.78 is 60.8. The standard InChI is InChI=1S/C19H21ClN4O5S3/c1-12(2)17(23-31(25,26)15-8-4-13(20)5-9-15)18-21-22-19(30-18)24-32(27,28)16-10-6-14(29-3)7-11-16/h4-12,17,23H,1-3H3,(H,22,24). The number of sulfonamides is 2. The maximum Gasteiger partial charge on any atom is 0.263 e.